The summed E-state index contributed by atoms with van der Waals surface area (Å²) in [7, 11) is 0. The number of nitrogens with zero attached hydrogens (tertiary/aromatic N) is 2. The van der Waals surface area contributed by atoms with Crippen molar-refractivity contribution in [2.75, 3.05) is 26.3 Å². The van der Waals surface area contributed by atoms with Crippen LogP contribution in [0.25, 0.3) is 0 Å². The molecule has 0 radical (unpaired) electrons. The molecule has 1 aliphatic heterocycles. The van der Waals surface area contributed by atoms with Crippen LogP contribution in [-0.2, 0) is 16.1 Å². The Labute approximate surface area is 183 Å². The summed E-state index contributed by atoms with van der Waals surface area (Å²) in [6, 6.07) is 16.0. The van der Waals surface area contributed by atoms with Gasteiger partial charge >= 0.3 is 0 Å². The van der Waals surface area contributed by atoms with Crippen molar-refractivity contribution >= 4 is 17.3 Å². The summed E-state index contributed by atoms with van der Waals surface area (Å²) in [5.41, 5.74) is 4.36. The maximum atomic E-state index is 10.4. The van der Waals surface area contributed by atoms with E-state index in [4.69, 9.17) is 21.2 Å². The second-order valence-electron chi connectivity index (χ2n) is 7.59. The topological polar surface area (TPSA) is 54.3 Å². The molecule has 1 aliphatic rings. The molecule has 1 N–H and O–H groups in total. The lowest BCUT2D eigenvalue weighted by Crippen LogP contribution is -2.39. The van der Waals surface area contributed by atoms with Crippen LogP contribution in [0.3, 0.4) is 0 Å². The molecule has 0 unspecified atom stereocenters. The normalized spacial score (nSPS) is 16.9. The lowest BCUT2D eigenvalue weighted by molar-refractivity contribution is 0.00336. The molecule has 0 saturated heterocycles. The zero-order valence-electron chi connectivity index (χ0n) is 17.3. The van der Waals surface area contributed by atoms with Crippen molar-refractivity contribution in [1.29, 1.82) is 0 Å². The molecule has 0 aliphatic carbocycles. The number of aliphatic hydroxyl groups excluding tert-OH is 1. The number of oxime groups is 1. The minimum absolute atomic E-state index is 0.0694. The average molecular weight is 429 g/mol. The van der Waals surface area contributed by atoms with Gasteiger partial charge in [0.05, 0.1) is 25.0 Å². The largest absolute Gasteiger partial charge is 0.390 e. The van der Waals surface area contributed by atoms with E-state index in [-0.39, 0.29) is 12.7 Å². The Morgan fingerprint density at radius 3 is 2.93 bits per heavy atom. The van der Waals surface area contributed by atoms with Crippen LogP contribution in [0.15, 0.2) is 66.3 Å². The molecule has 1 heterocycles. The standard InChI is InChI=1S/C24H29ClN2O3/c1-3-11-29-17-21(28)15-27(14-19-8-6-9-20(25)12-19)16-22-13-24(26-30-22)23-10-5-4-7-18(23)2/h3-10,12,21-22,28H,1,11,13-17H2,2H3/t21-,22+/m1/s1. The highest BCUT2D eigenvalue weighted by Crippen LogP contribution is 2.21. The molecule has 0 aromatic heterocycles. The minimum atomic E-state index is -0.609. The quantitative estimate of drug-likeness (QED) is 0.430. The monoisotopic (exact) mass is 428 g/mol. The fourth-order valence-corrected chi connectivity index (χ4v) is 3.82. The van der Waals surface area contributed by atoms with Gasteiger partial charge in [0.1, 0.15) is 6.10 Å². The van der Waals surface area contributed by atoms with Gasteiger partial charge in [-0.3, -0.25) is 4.90 Å². The molecular formula is C24H29ClN2O3. The maximum Gasteiger partial charge on any atom is 0.145 e. The van der Waals surface area contributed by atoms with Gasteiger partial charge in [0.15, 0.2) is 0 Å². The molecular weight excluding hydrogens is 400 g/mol. The van der Waals surface area contributed by atoms with Crippen LogP contribution in [-0.4, -0.2) is 54.2 Å². The number of ether oxygens (including phenoxy) is 1. The Morgan fingerprint density at radius 1 is 1.33 bits per heavy atom. The Balaban J connectivity index is 1.63. The van der Waals surface area contributed by atoms with Crippen LogP contribution in [0, 0.1) is 6.92 Å². The highest BCUT2D eigenvalue weighted by molar-refractivity contribution is 6.30. The molecule has 2 aromatic rings. The number of aliphatic hydroxyl groups is 1. The van der Waals surface area contributed by atoms with E-state index in [1.165, 1.54) is 5.56 Å². The lowest BCUT2D eigenvalue weighted by Gasteiger charge is -2.27. The lowest BCUT2D eigenvalue weighted by atomic mass is 10.00. The van der Waals surface area contributed by atoms with Crippen LogP contribution in [0.2, 0.25) is 5.02 Å². The van der Waals surface area contributed by atoms with Crippen molar-refractivity contribution in [3.63, 3.8) is 0 Å². The van der Waals surface area contributed by atoms with Gasteiger partial charge in [0.2, 0.25) is 0 Å². The highest BCUT2D eigenvalue weighted by atomic mass is 35.5. The number of hydrogen-bond donors (Lipinski definition) is 1. The van der Waals surface area contributed by atoms with Gasteiger partial charge in [0, 0.05) is 36.6 Å². The van der Waals surface area contributed by atoms with Crippen molar-refractivity contribution < 1.29 is 14.7 Å². The molecule has 0 saturated carbocycles. The summed E-state index contributed by atoms with van der Waals surface area (Å²) >= 11 is 6.15. The molecule has 6 heteroatoms. The predicted octanol–water partition coefficient (Wildman–Crippen LogP) is 4.21. The fourth-order valence-electron chi connectivity index (χ4n) is 3.61. The van der Waals surface area contributed by atoms with Crippen LogP contribution in [0.4, 0.5) is 0 Å². The first kappa shape index (κ1) is 22.5. The molecule has 0 spiro atoms. The summed E-state index contributed by atoms with van der Waals surface area (Å²) in [5.74, 6) is 0. The second kappa shape index (κ2) is 11.3. The number of rotatable bonds is 11. The number of aryl methyl sites for hydroxylation is 1. The molecule has 160 valence electrons. The van der Waals surface area contributed by atoms with Gasteiger partial charge in [-0.25, -0.2) is 0 Å². The average Bonchev–Trinajstić information content (AvgIpc) is 3.16. The van der Waals surface area contributed by atoms with Gasteiger partial charge in [-0.05, 0) is 30.2 Å². The van der Waals surface area contributed by atoms with E-state index in [2.05, 4.69) is 35.7 Å². The first-order valence-electron chi connectivity index (χ1n) is 10.2. The zero-order valence-corrected chi connectivity index (χ0v) is 18.1. The van der Waals surface area contributed by atoms with E-state index in [1.807, 2.05) is 36.4 Å². The van der Waals surface area contributed by atoms with Crippen LogP contribution in [0.5, 0.6) is 0 Å². The van der Waals surface area contributed by atoms with Gasteiger partial charge in [0.25, 0.3) is 0 Å². The number of halogens is 1. The number of hydrogen-bond acceptors (Lipinski definition) is 5. The molecule has 0 bridgehead atoms. The van der Waals surface area contributed by atoms with Crippen molar-refractivity contribution in [1.82, 2.24) is 4.90 Å². The van der Waals surface area contributed by atoms with E-state index in [0.29, 0.717) is 31.3 Å². The minimum Gasteiger partial charge on any atom is -0.390 e. The first-order valence-corrected chi connectivity index (χ1v) is 10.5. The molecule has 2 atom stereocenters. The van der Waals surface area contributed by atoms with Crippen molar-refractivity contribution in [3.8, 4) is 0 Å². The molecule has 3 rings (SSSR count). The zero-order chi connectivity index (χ0) is 21.3. The van der Waals surface area contributed by atoms with Crippen LogP contribution < -0.4 is 0 Å². The SMILES string of the molecule is C=CCOC[C@H](O)CN(Cc1cccc(Cl)c1)C[C@@H]1CC(c2ccccc2C)=NO1. The molecule has 0 amide bonds. The van der Waals surface area contributed by atoms with Gasteiger partial charge in [-0.2, -0.15) is 0 Å². The summed E-state index contributed by atoms with van der Waals surface area (Å²) in [6.07, 6.45) is 1.73. The van der Waals surface area contributed by atoms with E-state index < -0.39 is 6.10 Å². The second-order valence-corrected chi connectivity index (χ2v) is 8.02. The Hall–Kier alpha value is -2.18. The fraction of sp³-hybridized carbons (Fsp3) is 0.375. The van der Waals surface area contributed by atoms with Crippen LogP contribution in [0.1, 0.15) is 23.1 Å². The predicted molar refractivity (Wildman–Crippen MR) is 121 cm³/mol. The Morgan fingerprint density at radius 2 is 2.17 bits per heavy atom. The molecule has 0 fully saturated rings. The number of benzene rings is 2. The molecule has 30 heavy (non-hydrogen) atoms. The van der Waals surface area contributed by atoms with E-state index in [9.17, 15) is 5.11 Å². The van der Waals surface area contributed by atoms with Crippen molar-refractivity contribution in [2.24, 2.45) is 5.16 Å². The van der Waals surface area contributed by atoms with E-state index >= 15 is 0 Å². The van der Waals surface area contributed by atoms with Gasteiger partial charge < -0.3 is 14.7 Å². The first-order chi connectivity index (χ1) is 14.5. The van der Waals surface area contributed by atoms with Gasteiger partial charge in [-0.1, -0.05) is 59.2 Å². The van der Waals surface area contributed by atoms with Gasteiger partial charge in [-0.15, -0.1) is 6.58 Å². The van der Waals surface area contributed by atoms with Crippen molar-refractivity contribution in [3.05, 3.63) is 82.9 Å². The Bertz CT molecular complexity index is 871. The third kappa shape index (κ3) is 6.67. The third-order valence-electron chi connectivity index (χ3n) is 4.96. The highest BCUT2D eigenvalue weighted by Gasteiger charge is 2.26. The summed E-state index contributed by atoms with van der Waals surface area (Å²) < 4.78 is 5.40. The smallest absolute Gasteiger partial charge is 0.145 e. The molecule has 2 aromatic carbocycles. The summed E-state index contributed by atoms with van der Waals surface area (Å²) in [6.45, 7) is 8.15. The van der Waals surface area contributed by atoms with E-state index in [1.54, 1.807) is 6.08 Å². The van der Waals surface area contributed by atoms with Crippen LogP contribution >= 0.6 is 11.6 Å². The maximum absolute atomic E-state index is 10.4. The summed E-state index contributed by atoms with van der Waals surface area (Å²) in [5, 5.41) is 15.5. The third-order valence-corrected chi connectivity index (χ3v) is 5.20. The summed E-state index contributed by atoms with van der Waals surface area (Å²) in [4.78, 5) is 7.90. The Kier molecular flexibility index (Phi) is 8.46. The van der Waals surface area contributed by atoms with E-state index in [0.717, 1.165) is 23.3 Å². The molecule has 5 nitrogen and oxygen atoms in total. The van der Waals surface area contributed by atoms with Crippen molar-refractivity contribution in [2.45, 2.75) is 32.1 Å².